The molecule has 1 amide bonds. The number of nitrogens with zero attached hydrogens (tertiary/aromatic N) is 2. The lowest BCUT2D eigenvalue weighted by Crippen LogP contribution is -2.56. The number of carbonyl (C=O) groups excluding carboxylic acids is 1. The van der Waals surface area contributed by atoms with Crippen LogP contribution in [-0.4, -0.2) is 74.2 Å². The summed E-state index contributed by atoms with van der Waals surface area (Å²) >= 11 is 0. The molecule has 0 aromatic carbocycles. The molecule has 2 aliphatic carbocycles. The maximum Gasteiger partial charge on any atom is 0.392 e. The van der Waals surface area contributed by atoms with E-state index in [1.807, 2.05) is 11.8 Å². The van der Waals surface area contributed by atoms with Gasteiger partial charge in [0.05, 0.1) is 44.3 Å². The van der Waals surface area contributed by atoms with Gasteiger partial charge in [-0.15, -0.1) is 0 Å². The third-order valence-electron chi connectivity index (χ3n) is 10.6. The van der Waals surface area contributed by atoms with Crippen LogP contribution in [-0.2, 0) is 14.3 Å². The van der Waals surface area contributed by atoms with Crippen LogP contribution >= 0.6 is 0 Å². The molecule has 5 fully saturated rings. The van der Waals surface area contributed by atoms with Crippen LogP contribution in [0.3, 0.4) is 0 Å². The fourth-order valence-corrected chi connectivity index (χ4v) is 8.46. The van der Waals surface area contributed by atoms with Crippen LogP contribution in [0.15, 0.2) is 11.3 Å². The summed E-state index contributed by atoms with van der Waals surface area (Å²) < 4.78 is 54.3. The number of hydrazine groups is 1. The number of ether oxygens (including phenoxy) is 2. The molecule has 0 radical (unpaired) electrons. The second-order valence-electron chi connectivity index (χ2n) is 12.6. The number of allylic oxidation sites excluding steroid dienone is 1. The average molecular weight is 527 g/mol. The van der Waals surface area contributed by atoms with Crippen LogP contribution < -0.4 is 10.9 Å². The van der Waals surface area contributed by atoms with Crippen LogP contribution in [0.4, 0.5) is 13.2 Å². The molecule has 10 heteroatoms. The molecule has 4 aliphatic heterocycles. The second kappa shape index (κ2) is 9.68. The molecule has 6 aliphatic rings. The zero-order valence-corrected chi connectivity index (χ0v) is 22.0. The topological polar surface area (TPSA) is 66.1 Å². The van der Waals surface area contributed by atoms with Gasteiger partial charge in [-0.05, 0) is 75.8 Å². The minimum Gasteiger partial charge on any atom is -0.498 e. The van der Waals surface area contributed by atoms with Gasteiger partial charge in [-0.25, -0.2) is 10.9 Å². The number of amides is 1. The fourth-order valence-electron chi connectivity index (χ4n) is 8.46. The summed E-state index contributed by atoms with van der Waals surface area (Å²) in [5, 5.41) is 0. The summed E-state index contributed by atoms with van der Waals surface area (Å²) in [7, 11) is 2.10. The molecule has 4 heterocycles. The molecule has 208 valence electrons. The molecular weight excluding hydrogens is 485 g/mol. The minimum absolute atomic E-state index is 0.0322. The third-order valence-corrected chi connectivity index (χ3v) is 10.6. The maximum atomic E-state index is 14.3. The van der Waals surface area contributed by atoms with Gasteiger partial charge in [0.15, 0.2) is 0 Å². The van der Waals surface area contributed by atoms with E-state index < -0.39 is 23.9 Å². The van der Waals surface area contributed by atoms with E-state index in [-0.39, 0.29) is 42.4 Å². The second-order valence-corrected chi connectivity index (χ2v) is 12.6. The predicted molar refractivity (Wildman–Crippen MR) is 131 cm³/mol. The van der Waals surface area contributed by atoms with Gasteiger partial charge in [-0.2, -0.15) is 13.2 Å². The Labute approximate surface area is 217 Å². The Morgan fingerprint density at radius 1 is 1.16 bits per heavy atom. The first-order valence-corrected chi connectivity index (χ1v) is 14.1. The highest BCUT2D eigenvalue weighted by atomic mass is 19.4. The van der Waals surface area contributed by atoms with Crippen molar-refractivity contribution in [3.63, 3.8) is 0 Å². The number of carbonyl (C=O) groups is 1. The highest BCUT2D eigenvalue weighted by molar-refractivity contribution is 5.82. The summed E-state index contributed by atoms with van der Waals surface area (Å²) in [4.78, 5) is 17.9. The van der Waals surface area contributed by atoms with Gasteiger partial charge in [0.2, 0.25) is 5.91 Å². The van der Waals surface area contributed by atoms with Gasteiger partial charge in [-0.3, -0.25) is 9.69 Å². The zero-order valence-electron chi connectivity index (χ0n) is 22.0. The van der Waals surface area contributed by atoms with Crippen molar-refractivity contribution >= 4 is 5.91 Å². The summed E-state index contributed by atoms with van der Waals surface area (Å²) in [6, 6.07) is 0.0322. The van der Waals surface area contributed by atoms with Crippen molar-refractivity contribution in [2.24, 2.45) is 35.0 Å². The summed E-state index contributed by atoms with van der Waals surface area (Å²) in [5.41, 5.74) is 7.64. The van der Waals surface area contributed by atoms with E-state index in [0.29, 0.717) is 25.4 Å². The van der Waals surface area contributed by atoms with Gasteiger partial charge < -0.3 is 14.4 Å². The first kappa shape index (κ1) is 25.9. The van der Waals surface area contributed by atoms with Gasteiger partial charge in [0.1, 0.15) is 0 Å². The number of likely N-dealkylation sites (tertiary alicyclic amines) is 1. The van der Waals surface area contributed by atoms with Crippen molar-refractivity contribution in [1.29, 1.82) is 0 Å². The fraction of sp³-hybridized carbons (Fsp3) is 0.889. The van der Waals surface area contributed by atoms with Crippen molar-refractivity contribution in [2.75, 3.05) is 40.1 Å². The lowest BCUT2D eigenvalue weighted by Gasteiger charge is -2.52. The summed E-state index contributed by atoms with van der Waals surface area (Å²) in [6.45, 7) is 4.90. The van der Waals surface area contributed by atoms with Crippen molar-refractivity contribution < 1.29 is 27.4 Å². The van der Waals surface area contributed by atoms with E-state index in [0.717, 1.165) is 63.3 Å². The lowest BCUT2D eigenvalue weighted by atomic mass is 9.64. The van der Waals surface area contributed by atoms with Crippen LogP contribution in [0.25, 0.3) is 0 Å². The Morgan fingerprint density at radius 3 is 2.59 bits per heavy atom. The molecule has 7 unspecified atom stereocenters. The van der Waals surface area contributed by atoms with Gasteiger partial charge in [0.25, 0.3) is 0 Å². The van der Waals surface area contributed by atoms with Crippen molar-refractivity contribution in [2.45, 2.75) is 76.7 Å². The largest absolute Gasteiger partial charge is 0.498 e. The molecule has 0 aromatic rings. The monoisotopic (exact) mass is 526 g/mol. The smallest absolute Gasteiger partial charge is 0.392 e. The Morgan fingerprint density at radius 2 is 1.97 bits per heavy atom. The van der Waals surface area contributed by atoms with Gasteiger partial charge >= 0.3 is 6.18 Å². The van der Waals surface area contributed by atoms with Crippen molar-refractivity contribution in [3.05, 3.63) is 11.3 Å². The Hall–Kier alpha value is -1.36. The van der Waals surface area contributed by atoms with E-state index in [2.05, 4.69) is 22.8 Å². The normalized spacial score (nSPS) is 40.6. The van der Waals surface area contributed by atoms with Crippen LogP contribution in [0.2, 0.25) is 0 Å². The van der Waals surface area contributed by atoms with Crippen LogP contribution in [0.1, 0.15) is 58.3 Å². The van der Waals surface area contributed by atoms with Crippen LogP contribution in [0, 0.1) is 35.0 Å². The number of alkyl halides is 3. The zero-order chi connectivity index (χ0) is 25.9. The standard InChI is InChI=1S/C27H41F3N4O3/c1-16-20(6-7-37-16)17-8-21-22(23(9-17)27(28,29)30)12-34(25(21)35)19-5-3-4-18(10-19)26(13-36-14-26)11-24-32-31-15-33(24)2/h17-19,21-24,31-32H,3-15H2,1-2H3. The number of hydrogen-bond donors (Lipinski definition) is 2. The molecule has 7 atom stereocenters. The molecule has 37 heavy (non-hydrogen) atoms. The molecule has 2 saturated carbocycles. The lowest BCUT2D eigenvalue weighted by molar-refractivity contribution is -0.202. The minimum atomic E-state index is -4.29. The van der Waals surface area contributed by atoms with E-state index in [1.54, 1.807) is 0 Å². The first-order chi connectivity index (χ1) is 17.7. The van der Waals surface area contributed by atoms with E-state index in [4.69, 9.17) is 9.47 Å². The number of rotatable bonds is 5. The maximum absolute atomic E-state index is 14.3. The highest BCUT2D eigenvalue weighted by Crippen LogP contribution is 2.54. The molecule has 3 saturated heterocycles. The molecule has 0 aromatic heterocycles. The van der Waals surface area contributed by atoms with E-state index >= 15 is 0 Å². The van der Waals surface area contributed by atoms with Gasteiger partial charge in [-0.1, -0.05) is 6.42 Å². The highest BCUT2D eigenvalue weighted by Gasteiger charge is 2.59. The average Bonchev–Trinajstić information content (AvgIpc) is 3.54. The molecule has 2 N–H and O–H groups in total. The SMILES string of the molecule is CC1=C(C2CC3C(=O)N(C4CCCC(C5(CC6NNCN6C)COC5)C4)CC3C(C(F)(F)F)C2)CCO1. The first-order valence-electron chi connectivity index (χ1n) is 14.1. The van der Waals surface area contributed by atoms with E-state index in [1.165, 1.54) is 0 Å². The molecule has 0 bridgehead atoms. The summed E-state index contributed by atoms with van der Waals surface area (Å²) in [6.07, 6.45) is 2.10. The molecule has 0 spiro atoms. The summed E-state index contributed by atoms with van der Waals surface area (Å²) in [5.74, 6) is -1.64. The predicted octanol–water partition coefficient (Wildman–Crippen LogP) is 3.63. The molecular formula is C27H41F3N4O3. The molecule has 7 nitrogen and oxygen atoms in total. The van der Waals surface area contributed by atoms with Crippen molar-refractivity contribution in [3.8, 4) is 0 Å². The van der Waals surface area contributed by atoms with E-state index in [9.17, 15) is 18.0 Å². The molecule has 6 rings (SSSR count). The Bertz CT molecular complexity index is 923. The number of nitrogens with one attached hydrogen (secondary N) is 2. The number of hydrogen-bond acceptors (Lipinski definition) is 6. The van der Waals surface area contributed by atoms with Crippen LogP contribution in [0.5, 0.6) is 0 Å². The Kier molecular flexibility index (Phi) is 6.77. The van der Waals surface area contributed by atoms with Gasteiger partial charge in [0, 0.05) is 30.3 Å². The quantitative estimate of drug-likeness (QED) is 0.571. The number of fused-ring (bicyclic) bond motifs is 1. The number of halogens is 3. The van der Waals surface area contributed by atoms with Crippen molar-refractivity contribution in [1.82, 2.24) is 20.7 Å². The Balaban J connectivity index is 1.19. The third kappa shape index (κ3) is 4.59.